The SMILES string of the molecule is CSCCC(O)C(=O)N1CC(Oc2c(C)cccc2C)C1. The molecule has 2 rings (SSSR count). The minimum atomic E-state index is -0.876. The summed E-state index contributed by atoms with van der Waals surface area (Å²) in [4.78, 5) is 13.6. The quantitative estimate of drug-likeness (QED) is 0.873. The maximum atomic E-state index is 12.0. The number of para-hydroxylation sites is 1. The van der Waals surface area contributed by atoms with Crippen LogP contribution in [0.1, 0.15) is 17.5 Å². The Labute approximate surface area is 130 Å². The first kappa shape index (κ1) is 16.2. The highest BCUT2D eigenvalue weighted by molar-refractivity contribution is 7.98. The largest absolute Gasteiger partial charge is 0.486 e. The molecule has 0 spiro atoms. The molecule has 0 bridgehead atoms. The lowest BCUT2D eigenvalue weighted by Crippen LogP contribution is -2.58. The van der Waals surface area contributed by atoms with Crippen molar-refractivity contribution in [2.24, 2.45) is 0 Å². The van der Waals surface area contributed by atoms with Crippen molar-refractivity contribution >= 4 is 17.7 Å². The lowest BCUT2D eigenvalue weighted by atomic mass is 10.1. The summed E-state index contributed by atoms with van der Waals surface area (Å²) in [5, 5.41) is 9.80. The normalized spacial score (nSPS) is 16.5. The number of aliphatic hydroxyl groups excluding tert-OH is 1. The van der Waals surface area contributed by atoms with E-state index in [1.54, 1.807) is 16.7 Å². The highest BCUT2D eigenvalue weighted by atomic mass is 32.2. The van der Waals surface area contributed by atoms with Crippen LogP contribution in [0, 0.1) is 13.8 Å². The van der Waals surface area contributed by atoms with Crippen molar-refractivity contribution in [3.05, 3.63) is 29.3 Å². The third kappa shape index (κ3) is 3.92. The maximum Gasteiger partial charge on any atom is 0.251 e. The molecule has 1 unspecified atom stereocenters. The van der Waals surface area contributed by atoms with Gasteiger partial charge in [-0.2, -0.15) is 11.8 Å². The van der Waals surface area contributed by atoms with E-state index >= 15 is 0 Å². The summed E-state index contributed by atoms with van der Waals surface area (Å²) in [6.07, 6.45) is 1.63. The van der Waals surface area contributed by atoms with Crippen LogP contribution in [0.15, 0.2) is 18.2 Å². The Kier molecular flexibility index (Phi) is 5.53. The number of hydrogen-bond donors (Lipinski definition) is 1. The summed E-state index contributed by atoms with van der Waals surface area (Å²) < 4.78 is 5.97. The van der Waals surface area contributed by atoms with Crippen LogP contribution in [0.3, 0.4) is 0 Å². The number of aryl methyl sites for hydroxylation is 2. The number of hydrogen-bond acceptors (Lipinski definition) is 4. The van der Waals surface area contributed by atoms with Gasteiger partial charge in [0, 0.05) is 0 Å². The van der Waals surface area contributed by atoms with Crippen molar-refractivity contribution in [1.29, 1.82) is 0 Å². The molecular formula is C16H23NO3S. The Morgan fingerprint density at radius 2 is 2.05 bits per heavy atom. The Balaban J connectivity index is 1.83. The molecule has 0 aliphatic carbocycles. The van der Waals surface area contributed by atoms with E-state index in [0.717, 1.165) is 22.6 Å². The van der Waals surface area contributed by atoms with Crippen LogP contribution in [0.2, 0.25) is 0 Å². The smallest absolute Gasteiger partial charge is 0.251 e. The van der Waals surface area contributed by atoms with Gasteiger partial charge in [-0.1, -0.05) is 18.2 Å². The van der Waals surface area contributed by atoms with Crippen LogP contribution in [-0.4, -0.2) is 53.2 Å². The van der Waals surface area contributed by atoms with Gasteiger partial charge in [0.25, 0.3) is 5.91 Å². The first-order valence-corrected chi connectivity index (χ1v) is 8.61. The van der Waals surface area contributed by atoms with Crippen LogP contribution in [0.5, 0.6) is 5.75 Å². The average Bonchev–Trinajstić information content (AvgIpc) is 2.41. The van der Waals surface area contributed by atoms with Crippen molar-refractivity contribution in [3.8, 4) is 5.75 Å². The predicted molar refractivity (Wildman–Crippen MR) is 85.9 cm³/mol. The zero-order chi connectivity index (χ0) is 15.4. The summed E-state index contributed by atoms with van der Waals surface area (Å²) in [7, 11) is 0. The summed E-state index contributed by atoms with van der Waals surface area (Å²) in [5.74, 6) is 1.53. The Morgan fingerprint density at radius 3 is 2.62 bits per heavy atom. The van der Waals surface area contributed by atoms with Gasteiger partial charge in [-0.05, 0) is 43.4 Å². The summed E-state index contributed by atoms with van der Waals surface area (Å²) in [6, 6.07) is 6.06. The molecule has 1 atom stereocenters. The van der Waals surface area contributed by atoms with Crippen LogP contribution in [0.4, 0.5) is 0 Å². The van der Waals surface area contributed by atoms with E-state index in [2.05, 4.69) is 0 Å². The molecule has 1 aromatic rings. The molecule has 1 aliphatic rings. The van der Waals surface area contributed by atoms with E-state index in [1.807, 2.05) is 38.3 Å². The number of rotatable bonds is 6. The number of likely N-dealkylation sites (tertiary alicyclic amines) is 1. The molecule has 21 heavy (non-hydrogen) atoms. The van der Waals surface area contributed by atoms with Gasteiger partial charge < -0.3 is 14.7 Å². The maximum absolute atomic E-state index is 12.0. The van der Waals surface area contributed by atoms with Crippen LogP contribution in [-0.2, 0) is 4.79 Å². The molecular weight excluding hydrogens is 286 g/mol. The first-order valence-electron chi connectivity index (χ1n) is 7.21. The standard InChI is InChI=1S/C16H23NO3S/c1-11-5-4-6-12(2)15(11)20-13-9-17(10-13)16(19)14(18)7-8-21-3/h4-6,13-14,18H,7-10H2,1-3H3. The molecule has 5 heteroatoms. The van der Waals surface area contributed by atoms with E-state index in [-0.39, 0.29) is 12.0 Å². The molecule has 1 N–H and O–H groups in total. The van der Waals surface area contributed by atoms with Crippen molar-refractivity contribution in [2.75, 3.05) is 25.1 Å². The second-order valence-corrected chi connectivity index (χ2v) is 6.49. The number of carbonyl (C=O) groups is 1. The number of nitrogens with zero attached hydrogens (tertiary/aromatic N) is 1. The predicted octanol–water partition coefficient (Wildman–Crippen LogP) is 2.01. The molecule has 0 radical (unpaired) electrons. The van der Waals surface area contributed by atoms with Gasteiger partial charge in [-0.15, -0.1) is 0 Å². The number of aliphatic hydroxyl groups is 1. The number of thioether (sulfide) groups is 1. The van der Waals surface area contributed by atoms with Gasteiger partial charge in [0.15, 0.2) is 0 Å². The Morgan fingerprint density at radius 1 is 1.43 bits per heavy atom. The molecule has 116 valence electrons. The monoisotopic (exact) mass is 309 g/mol. The van der Waals surface area contributed by atoms with Gasteiger partial charge in [-0.3, -0.25) is 4.79 Å². The summed E-state index contributed by atoms with van der Waals surface area (Å²) in [5.41, 5.74) is 2.22. The number of amides is 1. The van der Waals surface area contributed by atoms with E-state index in [9.17, 15) is 9.90 Å². The molecule has 0 saturated carbocycles. The second kappa shape index (κ2) is 7.18. The zero-order valence-electron chi connectivity index (χ0n) is 12.8. The fourth-order valence-corrected chi connectivity index (χ4v) is 2.87. The van der Waals surface area contributed by atoms with Crippen molar-refractivity contribution in [2.45, 2.75) is 32.5 Å². The molecule has 1 aromatic carbocycles. The van der Waals surface area contributed by atoms with E-state index in [1.165, 1.54) is 0 Å². The zero-order valence-corrected chi connectivity index (χ0v) is 13.7. The first-order chi connectivity index (χ1) is 10.0. The van der Waals surface area contributed by atoms with E-state index in [4.69, 9.17) is 4.74 Å². The highest BCUT2D eigenvalue weighted by Crippen LogP contribution is 2.26. The molecule has 1 heterocycles. The van der Waals surface area contributed by atoms with Gasteiger partial charge in [0.2, 0.25) is 0 Å². The Hall–Kier alpha value is -1.20. The van der Waals surface area contributed by atoms with Gasteiger partial charge in [-0.25, -0.2) is 0 Å². The van der Waals surface area contributed by atoms with Gasteiger partial charge in [0.05, 0.1) is 13.1 Å². The number of carbonyl (C=O) groups excluding carboxylic acids is 1. The second-order valence-electron chi connectivity index (χ2n) is 5.50. The molecule has 1 saturated heterocycles. The summed E-state index contributed by atoms with van der Waals surface area (Å²) in [6.45, 7) is 5.16. The number of benzene rings is 1. The molecule has 0 aromatic heterocycles. The van der Waals surface area contributed by atoms with E-state index < -0.39 is 6.10 Å². The molecule has 1 amide bonds. The van der Waals surface area contributed by atoms with Crippen molar-refractivity contribution in [1.82, 2.24) is 4.90 Å². The molecule has 1 aliphatic heterocycles. The lowest BCUT2D eigenvalue weighted by Gasteiger charge is -2.40. The van der Waals surface area contributed by atoms with Crippen LogP contribution < -0.4 is 4.74 Å². The fourth-order valence-electron chi connectivity index (χ4n) is 2.41. The average molecular weight is 309 g/mol. The topological polar surface area (TPSA) is 49.8 Å². The van der Waals surface area contributed by atoms with Crippen LogP contribution in [0.25, 0.3) is 0 Å². The van der Waals surface area contributed by atoms with Crippen molar-refractivity contribution < 1.29 is 14.6 Å². The highest BCUT2D eigenvalue weighted by Gasteiger charge is 2.35. The van der Waals surface area contributed by atoms with Crippen molar-refractivity contribution in [3.63, 3.8) is 0 Å². The third-order valence-electron chi connectivity index (χ3n) is 3.73. The van der Waals surface area contributed by atoms with Gasteiger partial charge >= 0.3 is 0 Å². The van der Waals surface area contributed by atoms with Crippen LogP contribution >= 0.6 is 11.8 Å². The fraction of sp³-hybridized carbons (Fsp3) is 0.562. The molecule has 1 fully saturated rings. The minimum Gasteiger partial charge on any atom is -0.486 e. The van der Waals surface area contributed by atoms with Gasteiger partial charge in [0.1, 0.15) is 18.0 Å². The third-order valence-corrected chi connectivity index (χ3v) is 4.38. The Bertz CT molecular complexity index is 480. The number of ether oxygens (including phenoxy) is 1. The van der Waals surface area contributed by atoms with E-state index in [0.29, 0.717) is 19.5 Å². The minimum absolute atomic E-state index is 0.0292. The summed E-state index contributed by atoms with van der Waals surface area (Å²) >= 11 is 1.63. The lowest BCUT2D eigenvalue weighted by molar-refractivity contribution is -0.149. The molecule has 4 nitrogen and oxygen atoms in total.